The zero-order chi connectivity index (χ0) is 13.2. The summed E-state index contributed by atoms with van der Waals surface area (Å²) in [5, 5.41) is 0. The Morgan fingerprint density at radius 2 is 2.00 bits per heavy atom. The Labute approximate surface area is 106 Å². The van der Waals surface area contributed by atoms with E-state index in [4.69, 9.17) is 4.74 Å². The van der Waals surface area contributed by atoms with Gasteiger partial charge in [0, 0.05) is 6.61 Å². The van der Waals surface area contributed by atoms with Crippen molar-refractivity contribution in [1.29, 1.82) is 0 Å². The van der Waals surface area contributed by atoms with Crippen molar-refractivity contribution in [3.8, 4) is 0 Å². The van der Waals surface area contributed by atoms with Crippen molar-refractivity contribution in [3.63, 3.8) is 0 Å². The first kappa shape index (κ1) is 13.5. The van der Waals surface area contributed by atoms with Crippen LogP contribution in [0.4, 0.5) is 4.39 Å². The Morgan fingerprint density at radius 3 is 2.56 bits per heavy atom. The number of sulfonamides is 1. The summed E-state index contributed by atoms with van der Waals surface area (Å²) in [5.74, 6) is -0.457. The monoisotopic (exact) mass is 273 g/mol. The Bertz CT molecular complexity index is 507. The Balaban J connectivity index is 2.18. The van der Waals surface area contributed by atoms with E-state index in [2.05, 4.69) is 4.72 Å². The van der Waals surface area contributed by atoms with Gasteiger partial charge in [-0.15, -0.1) is 0 Å². The Hall–Kier alpha value is -0.980. The van der Waals surface area contributed by atoms with Crippen LogP contribution in [0.25, 0.3) is 0 Å². The molecule has 6 heteroatoms. The molecule has 1 aromatic rings. The average Bonchev–Trinajstić information content (AvgIpc) is 2.29. The molecule has 0 saturated carbocycles. The van der Waals surface area contributed by atoms with Crippen molar-refractivity contribution < 1.29 is 17.5 Å². The van der Waals surface area contributed by atoms with Crippen molar-refractivity contribution in [1.82, 2.24) is 4.72 Å². The molecular weight excluding hydrogens is 257 g/mol. The summed E-state index contributed by atoms with van der Waals surface area (Å²) in [6, 6.07) is 4.78. The largest absolute Gasteiger partial charge is 0.380 e. The molecule has 1 fully saturated rings. The Morgan fingerprint density at radius 1 is 1.33 bits per heavy atom. The van der Waals surface area contributed by atoms with Crippen LogP contribution in [0, 0.1) is 5.82 Å². The van der Waals surface area contributed by atoms with Crippen LogP contribution in [0.5, 0.6) is 0 Å². The molecule has 100 valence electrons. The molecule has 0 radical (unpaired) electrons. The first-order chi connectivity index (χ1) is 8.41. The predicted octanol–water partition coefficient (Wildman–Crippen LogP) is 1.67. The van der Waals surface area contributed by atoms with Gasteiger partial charge in [0.1, 0.15) is 5.82 Å². The lowest BCUT2D eigenvalue weighted by atomic mass is 9.97. The lowest BCUT2D eigenvalue weighted by molar-refractivity contribution is 0.0386. The number of rotatable bonds is 3. The highest BCUT2D eigenvalue weighted by Gasteiger charge is 2.32. The lowest BCUT2D eigenvalue weighted by Crippen LogP contribution is -2.51. The molecule has 18 heavy (non-hydrogen) atoms. The second-order valence-corrected chi connectivity index (χ2v) is 6.46. The van der Waals surface area contributed by atoms with Crippen LogP contribution >= 0.6 is 0 Å². The molecule has 1 atom stereocenters. The van der Waals surface area contributed by atoms with Crippen molar-refractivity contribution >= 4 is 10.0 Å². The maximum Gasteiger partial charge on any atom is 0.241 e. The SMILES string of the molecule is CC1(NS(=O)(=O)c2ccc(F)cc2)CCCOC1. The molecular formula is C12H16FNO3S. The van der Waals surface area contributed by atoms with Gasteiger partial charge in [0.25, 0.3) is 0 Å². The number of benzene rings is 1. The molecule has 1 aliphatic heterocycles. The summed E-state index contributed by atoms with van der Waals surface area (Å²) < 4.78 is 45.0. The van der Waals surface area contributed by atoms with Crippen LogP contribution in [-0.2, 0) is 14.8 Å². The summed E-state index contributed by atoms with van der Waals surface area (Å²) >= 11 is 0. The van der Waals surface area contributed by atoms with Crippen molar-refractivity contribution in [2.45, 2.75) is 30.2 Å². The van der Waals surface area contributed by atoms with E-state index >= 15 is 0 Å². The maximum absolute atomic E-state index is 12.8. The molecule has 1 N–H and O–H groups in total. The minimum atomic E-state index is -3.63. The third-order valence-electron chi connectivity index (χ3n) is 2.94. The topological polar surface area (TPSA) is 55.4 Å². The number of nitrogens with one attached hydrogen (secondary N) is 1. The van der Waals surface area contributed by atoms with Gasteiger partial charge >= 0.3 is 0 Å². The fourth-order valence-electron chi connectivity index (χ4n) is 2.01. The second kappa shape index (κ2) is 4.95. The van der Waals surface area contributed by atoms with Gasteiger partial charge in [-0.25, -0.2) is 17.5 Å². The summed E-state index contributed by atoms with van der Waals surface area (Å²) in [6.45, 7) is 2.83. The molecule has 0 spiro atoms. The number of hydrogen-bond acceptors (Lipinski definition) is 3. The first-order valence-electron chi connectivity index (χ1n) is 5.79. The molecule has 1 unspecified atom stereocenters. The van der Waals surface area contributed by atoms with E-state index in [0.717, 1.165) is 25.0 Å². The highest BCUT2D eigenvalue weighted by Crippen LogP contribution is 2.21. The van der Waals surface area contributed by atoms with Gasteiger partial charge in [-0.05, 0) is 44.0 Å². The lowest BCUT2D eigenvalue weighted by Gasteiger charge is -2.33. The third kappa shape index (κ3) is 3.07. The summed E-state index contributed by atoms with van der Waals surface area (Å²) in [7, 11) is -3.63. The minimum absolute atomic E-state index is 0.0655. The quantitative estimate of drug-likeness (QED) is 0.911. The van der Waals surface area contributed by atoms with Crippen LogP contribution in [0.2, 0.25) is 0 Å². The van der Waals surface area contributed by atoms with Gasteiger partial charge in [-0.2, -0.15) is 0 Å². The average molecular weight is 273 g/mol. The zero-order valence-corrected chi connectivity index (χ0v) is 11.0. The van der Waals surface area contributed by atoms with E-state index in [9.17, 15) is 12.8 Å². The minimum Gasteiger partial charge on any atom is -0.380 e. The number of ether oxygens (including phenoxy) is 1. The molecule has 0 aliphatic carbocycles. The van der Waals surface area contributed by atoms with Crippen LogP contribution in [0.15, 0.2) is 29.2 Å². The van der Waals surface area contributed by atoms with Crippen LogP contribution in [0.3, 0.4) is 0 Å². The highest BCUT2D eigenvalue weighted by molar-refractivity contribution is 7.89. The van der Waals surface area contributed by atoms with E-state index < -0.39 is 21.4 Å². The third-order valence-corrected chi connectivity index (χ3v) is 4.60. The van der Waals surface area contributed by atoms with E-state index in [1.54, 1.807) is 0 Å². The zero-order valence-electron chi connectivity index (χ0n) is 10.1. The van der Waals surface area contributed by atoms with Gasteiger partial charge in [-0.1, -0.05) is 0 Å². The normalized spacial score (nSPS) is 25.0. The van der Waals surface area contributed by atoms with Gasteiger partial charge < -0.3 is 4.74 Å². The van der Waals surface area contributed by atoms with Crippen LogP contribution in [-0.4, -0.2) is 27.2 Å². The standard InChI is InChI=1S/C12H16FNO3S/c1-12(7-2-8-17-9-12)14-18(15,16)11-5-3-10(13)4-6-11/h3-6,14H,2,7-9H2,1H3. The van der Waals surface area contributed by atoms with Gasteiger partial charge in [0.15, 0.2) is 0 Å². The van der Waals surface area contributed by atoms with Crippen molar-refractivity contribution in [2.24, 2.45) is 0 Å². The van der Waals surface area contributed by atoms with Crippen molar-refractivity contribution in [2.75, 3.05) is 13.2 Å². The molecule has 0 amide bonds. The highest BCUT2D eigenvalue weighted by atomic mass is 32.2. The molecule has 0 bridgehead atoms. The van der Waals surface area contributed by atoms with Crippen LogP contribution < -0.4 is 4.72 Å². The number of hydrogen-bond donors (Lipinski definition) is 1. The van der Waals surface area contributed by atoms with Gasteiger partial charge in [0.2, 0.25) is 10.0 Å². The van der Waals surface area contributed by atoms with E-state index in [-0.39, 0.29) is 4.90 Å². The van der Waals surface area contributed by atoms with Gasteiger partial charge in [-0.3, -0.25) is 0 Å². The molecule has 0 aromatic heterocycles. The molecule has 1 aromatic carbocycles. The van der Waals surface area contributed by atoms with Gasteiger partial charge in [0.05, 0.1) is 17.0 Å². The smallest absolute Gasteiger partial charge is 0.241 e. The predicted molar refractivity (Wildman–Crippen MR) is 65.2 cm³/mol. The molecule has 2 rings (SSSR count). The molecule has 4 nitrogen and oxygen atoms in total. The summed E-state index contributed by atoms with van der Waals surface area (Å²) in [5.41, 5.74) is -0.592. The molecule has 1 aliphatic rings. The van der Waals surface area contributed by atoms with E-state index in [1.807, 2.05) is 6.92 Å². The molecule has 1 heterocycles. The number of halogens is 1. The van der Waals surface area contributed by atoms with Crippen LogP contribution in [0.1, 0.15) is 19.8 Å². The summed E-state index contributed by atoms with van der Waals surface area (Å²) in [4.78, 5) is 0.0655. The fraction of sp³-hybridized carbons (Fsp3) is 0.500. The first-order valence-corrected chi connectivity index (χ1v) is 7.27. The summed E-state index contributed by atoms with van der Waals surface area (Å²) in [6.07, 6.45) is 1.55. The fourth-order valence-corrected chi connectivity index (χ4v) is 3.43. The Kier molecular flexibility index (Phi) is 3.70. The van der Waals surface area contributed by atoms with Crippen molar-refractivity contribution in [3.05, 3.63) is 30.1 Å². The molecule has 1 saturated heterocycles. The maximum atomic E-state index is 12.8. The van der Waals surface area contributed by atoms with E-state index in [1.165, 1.54) is 12.1 Å². The second-order valence-electron chi connectivity index (χ2n) is 4.78. The van der Waals surface area contributed by atoms with E-state index in [0.29, 0.717) is 13.2 Å².